The number of fused-ring (bicyclic) bond motifs is 1. The maximum atomic E-state index is 12.1. The second-order valence-electron chi connectivity index (χ2n) is 7.82. The summed E-state index contributed by atoms with van der Waals surface area (Å²) in [5.74, 6) is -0.0422. The number of nitrogens with zero attached hydrogens (tertiary/aromatic N) is 3. The fourth-order valence-electron chi connectivity index (χ4n) is 4.00. The number of rotatable bonds is 6. The van der Waals surface area contributed by atoms with E-state index in [0.29, 0.717) is 15.8 Å². The molecule has 2 heterocycles. The standard InChI is InChI=1S/C24H22Cl2N4O2S/c1-14-9-16(12-28-29-23(31)13-32-21-8-7-17(25)10-20(21)26)15(2)30(14)24-19(11-27)18-5-3-4-6-22(18)33-24/h7-10,12H,3-6,13H2,1-2H3,(H,29,31)/b28-12-. The summed E-state index contributed by atoms with van der Waals surface area (Å²) in [6, 6.07) is 9.21. The highest BCUT2D eigenvalue weighted by Crippen LogP contribution is 2.38. The first-order chi connectivity index (χ1) is 15.9. The van der Waals surface area contributed by atoms with E-state index < -0.39 is 5.91 Å². The van der Waals surface area contributed by atoms with Gasteiger partial charge in [0, 0.05) is 26.9 Å². The maximum Gasteiger partial charge on any atom is 0.277 e. The van der Waals surface area contributed by atoms with Crippen LogP contribution in [-0.4, -0.2) is 23.3 Å². The third-order valence-corrected chi connectivity index (χ3v) is 7.39. The zero-order valence-corrected chi connectivity index (χ0v) is 20.6. The number of thiophene rings is 1. The Morgan fingerprint density at radius 3 is 2.85 bits per heavy atom. The molecule has 1 N–H and O–H groups in total. The van der Waals surface area contributed by atoms with E-state index in [9.17, 15) is 10.1 Å². The Bertz CT molecular complexity index is 1290. The Morgan fingerprint density at radius 1 is 1.30 bits per heavy atom. The van der Waals surface area contributed by atoms with Crippen LogP contribution in [-0.2, 0) is 17.6 Å². The molecule has 3 aromatic rings. The van der Waals surface area contributed by atoms with Crippen LogP contribution in [0.5, 0.6) is 5.75 Å². The summed E-state index contributed by atoms with van der Waals surface area (Å²) in [5.41, 5.74) is 7.30. The van der Waals surface area contributed by atoms with Crippen molar-refractivity contribution in [3.8, 4) is 16.8 Å². The molecular weight excluding hydrogens is 479 g/mol. The first-order valence-electron chi connectivity index (χ1n) is 10.5. The van der Waals surface area contributed by atoms with E-state index in [-0.39, 0.29) is 6.61 Å². The number of hydrogen-bond acceptors (Lipinski definition) is 5. The van der Waals surface area contributed by atoms with E-state index in [1.807, 2.05) is 19.9 Å². The van der Waals surface area contributed by atoms with Gasteiger partial charge in [0.1, 0.15) is 16.8 Å². The minimum atomic E-state index is -0.413. The van der Waals surface area contributed by atoms with E-state index in [0.717, 1.165) is 46.8 Å². The quantitative estimate of drug-likeness (QED) is 0.346. The van der Waals surface area contributed by atoms with Crippen LogP contribution >= 0.6 is 34.5 Å². The molecule has 1 amide bonds. The van der Waals surface area contributed by atoms with Crippen LogP contribution in [0.25, 0.3) is 5.00 Å². The van der Waals surface area contributed by atoms with E-state index in [1.165, 1.54) is 16.9 Å². The second kappa shape index (κ2) is 10.0. The fraction of sp³-hybridized carbons (Fsp3) is 0.292. The molecule has 2 aromatic heterocycles. The molecule has 0 fully saturated rings. The first kappa shape index (κ1) is 23.4. The molecule has 1 aliphatic carbocycles. The Kier molecular flexibility index (Phi) is 7.08. The van der Waals surface area contributed by atoms with Gasteiger partial charge in [-0.2, -0.15) is 10.4 Å². The summed E-state index contributed by atoms with van der Waals surface area (Å²) in [5, 5.41) is 15.7. The van der Waals surface area contributed by atoms with Gasteiger partial charge in [-0.1, -0.05) is 23.2 Å². The minimum Gasteiger partial charge on any atom is -0.482 e. The predicted octanol–water partition coefficient (Wildman–Crippen LogP) is 5.74. The van der Waals surface area contributed by atoms with Gasteiger partial charge in [-0.3, -0.25) is 4.79 Å². The van der Waals surface area contributed by atoms with Gasteiger partial charge in [0.25, 0.3) is 5.91 Å². The maximum absolute atomic E-state index is 12.1. The third kappa shape index (κ3) is 4.93. The summed E-state index contributed by atoms with van der Waals surface area (Å²) >= 11 is 13.6. The monoisotopic (exact) mass is 500 g/mol. The number of benzene rings is 1. The number of hydrogen-bond donors (Lipinski definition) is 1. The molecule has 0 unspecified atom stereocenters. The first-order valence-corrected chi connectivity index (χ1v) is 12.1. The summed E-state index contributed by atoms with van der Waals surface area (Å²) < 4.78 is 7.52. The van der Waals surface area contributed by atoms with Gasteiger partial charge in [0.05, 0.1) is 16.8 Å². The van der Waals surface area contributed by atoms with Crippen LogP contribution in [0.2, 0.25) is 10.0 Å². The lowest BCUT2D eigenvalue weighted by molar-refractivity contribution is -0.123. The molecule has 0 radical (unpaired) electrons. The molecule has 9 heteroatoms. The molecule has 33 heavy (non-hydrogen) atoms. The minimum absolute atomic E-state index is 0.232. The summed E-state index contributed by atoms with van der Waals surface area (Å²) in [6.07, 6.45) is 5.92. The van der Waals surface area contributed by atoms with Crippen molar-refractivity contribution in [1.29, 1.82) is 5.26 Å². The number of carbonyl (C=O) groups is 1. The largest absolute Gasteiger partial charge is 0.482 e. The van der Waals surface area contributed by atoms with Gasteiger partial charge in [-0.15, -0.1) is 11.3 Å². The third-order valence-electron chi connectivity index (χ3n) is 5.58. The highest BCUT2D eigenvalue weighted by Gasteiger charge is 2.23. The molecule has 0 saturated heterocycles. The Labute approximate surface area is 206 Å². The molecule has 0 saturated carbocycles. The van der Waals surface area contributed by atoms with Crippen molar-refractivity contribution in [1.82, 2.24) is 9.99 Å². The van der Waals surface area contributed by atoms with E-state index in [4.69, 9.17) is 27.9 Å². The van der Waals surface area contributed by atoms with E-state index in [1.54, 1.807) is 35.8 Å². The van der Waals surface area contributed by atoms with Crippen LogP contribution in [0.1, 0.15) is 45.8 Å². The summed E-state index contributed by atoms with van der Waals surface area (Å²) in [6.45, 7) is 3.76. The van der Waals surface area contributed by atoms with Crippen molar-refractivity contribution >= 4 is 46.7 Å². The molecule has 0 aliphatic heterocycles. The Morgan fingerprint density at radius 2 is 2.09 bits per heavy atom. The Balaban J connectivity index is 1.46. The van der Waals surface area contributed by atoms with Crippen molar-refractivity contribution in [2.45, 2.75) is 39.5 Å². The van der Waals surface area contributed by atoms with Crippen molar-refractivity contribution < 1.29 is 9.53 Å². The van der Waals surface area contributed by atoms with Crippen molar-refractivity contribution in [3.63, 3.8) is 0 Å². The molecule has 1 aliphatic rings. The second-order valence-corrected chi connectivity index (χ2v) is 9.75. The SMILES string of the molecule is Cc1cc(/C=N\NC(=O)COc2ccc(Cl)cc2Cl)c(C)n1-c1sc2c(c1C#N)CCCC2. The van der Waals surface area contributed by atoms with Gasteiger partial charge in [0.15, 0.2) is 6.61 Å². The number of nitriles is 1. The van der Waals surface area contributed by atoms with Crippen LogP contribution in [0.4, 0.5) is 0 Å². The number of ether oxygens (including phenoxy) is 1. The van der Waals surface area contributed by atoms with Crippen LogP contribution in [0.15, 0.2) is 29.4 Å². The molecular formula is C24H22Cl2N4O2S. The number of aryl methyl sites for hydroxylation is 2. The van der Waals surface area contributed by atoms with Gasteiger partial charge < -0.3 is 9.30 Å². The van der Waals surface area contributed by atoms with Gasteiger partial charge >= 0.3 is 0 Å². The molecule has 0 spiro atoms. The number of hydrazone groups is 1. The van der Waals surface area contributed by atoms with Crippen LogP contribution in [0.3, 0.4) is 0 Å². The molecule has 170 valence electrons. The molecule has 1 aromatic carbocycles. The summed E-state index contributed by atoms with van der Waals surface area (Å²) in [7, 11) is 0. The van der Waals surface area contributed by atoms with Gasteiger partial charge in [-0.25, -0.2) is 5.43 Å². The van der Waals surface area contributed by atoms with Crippen molar-refractivity contribution in [3.05, 3.63) is 67.3 Å². The van der Waals surface area contributed by atoms with Crippen molar-refractivity contribution in [2.24, 2.45) is 5.10 Å². The van der Waals surface area contributed by atoms with E-state index in [2.05, 4.69) is 21.2 Å². The molecule has 6 nitrogen and oxygen atoms in total. The fourth-order valence-corrected chi connectivity index (χ4v) is 5.91. The number of halogens is 2. The van der Waals surface area contributed by atoms with Crippen LogP contribution in [0, 0.1) is 25.2 Å². The number of amides is 1. The lowest BCUT2D eigenvalue weighted by Crippen LogP contribution is -2.24. The normalized spacial score (nSPS) is 13.1. The smallest absolute Gasteiger partial charge is 0.277 e. The zero-order chi connectivity index (χ0) is 23.5. The lowest BCUT2D eigenvalue weighted by atomic mass is 9.96. The average Bonchev–Trinajstić information content (AvgIpc) is 3.28. The number of aromatic nitrogens is 1. The van der Waals surface area contributed by atoms with Crippen LogP contribution < -0.4 is 10.2 Å². The van der Waals surface area contributed by atoms with Gasteiger partial charge in [-0.05, 0) is 69.4 Å². The molecule has 4 rings (SSSR count). The van der Waals surface area contributed by atoms with Crippen molar-refractivity contribution in [2.75, 3.05) is 6.61 Å². The topological polar surface area (TPSA) is 79.4 Å². The lowest BCUT2D eigenvalue weighted by Gasteiger charge is -2.10. The zero-order valence-electron chi connectivity index (χ0n) is 18.2. The Hall–Kier alpha value is -2.79. The molecule has 0 bridgehead atoms. The van der Waals surface area contributed by atoms with Gasteiger partial charge in [0.2, 0.25) is 0 Å². The number of nitrogens with one attached hydrogen (secondary N) is 1. The highest BCUT2D eigenvalue weighted by molar-refractivity contribution is 7.15. The highest BCUT2D eigenvalue weighted by atomic mass is 35.5. The predicted molar refractivity (Wildman–Crippen MR) is 132 cm³/mol. The van der Waals surface area contributed by atoms with E-state index >= 15 is 0 Å². The summed E-state index contributed by atoms with van der Waals surface area (Å²) in [4.78, 5) is 13.4. The number of carbonyl (C=O) groups excluding carboxylic acids is 1. The molecule has 0 atom stereocenters. The average molecular weight is 501 g/mol.